The number of ether oxygens (including phenoxy) is 1. The molecular formula is C8H14O4. The van der Waals surface area contributed by atoms with Gasteiger partial charge in [0, 0.05) is 5.92 Å². The molecule has 0 bridgehead atoms. The Morgan fingerprint density at radius 2 is 2.17 bits per heavy atom. The van der Waals surface area contributed by atoms with Crippen molar-refractivity contribution in [3.63, 3.8) is 0 Å². The molecule has 0 radical (unpaired) electrons. The van der Waals surface area contributed by atoms with Crippen LogP contribution in [0.3, 0.4) is 0 Å². The van der Waals surface area contributed by atoms with E-state index in [2.05, 4.69) is 0 Å². The molecule has 1 aliphatic rings. The summed E-state index contributed by atoms with van der Waals surface area (Å²) in [6.45, 7) is 0.0555. The molecule has 70 valence electrons. The van der Waals surface area contributed by atoms with E-state index >= 15 is 0 Å². The Hall–Kier alpha value is -0.450. The smallest absolute Gasteiger partial charge is 0.166 e. The second-order valence-corrected chi connectivity index (χ2v) is 2.94. The van der Waals surface area contributed by atoms with Crippen LogP contribution >= 0.6 is 0 Å². The molecular weight excluding hydrogens is 160 g/mol. The van der Waals surface area contributed by atoms with Crippen LogP contribution in [0.25, 0.3) is 0 Å². The first-order chi connectivity index (χ1) is 5.79. The summed E-state index contributed by atoms with van der Waals surface area (Å²) >= 11 is 0. The molecule has 1 fully saturated rings. The molecule has 2 atom stereocenters. The second-order valence-electron chi connectivity index (χ2n) is 2.94. The number of rotatable bonds is 4. The van der Waals surface area contributed by atoms with Crippen LogP contribution in [0.2, 0.25) is 0 Å². The van der Waals surface area contributed by atoms with E-state index in [-0.39, 0.29) is 31.5 Å². The van der Waals surface area contributed by atoms with E-state index in [9.17, 15) is 4.79 Å². The minimum absolute atomic E-state index is 0.0223. The van der Waals surface area contributed by atoms with E-state index in [0.717, 1.165) is 0 Å². The lowest BCUT2D eigenvalue weighted by atomic mass is 10.1. The predicted molar refractivity (Wildman–Crippen MR) is 41.6 cm³/mol. The van der Waals surface area contributed by atoms with Crippen LogP contribution in [0.5, 0.6) is 0 Å². The van der Waals surface area contributed by atoms with Gasteiger partial charge in [-0.25, -0.2) is 0 Å². The standard InChI is InChI=1S/C8H14O4/c9-3-4-12-7-2-1-6(5-10)8(7)11/h6-7,9-10H,1-5H2. The summed E-state index contributed by atoms with van der Waals surface area (Å²) in [5, 5.41) is 17.2. The van der Waals surface area contributed by atoms with Crippen LogP contribution < -0.4 is 0 Å². The van der Waals surface area contributed by atoms with Gasteiger partial charge in [0.1, 0.15) is 6.10 Å². The highest BCUT2D eigenvalue weighted by Crippen LogP contribution is 2.23. The molecule has 0 amide bonds. The Bertz CT molecular complexity index is 157. The van der Waals surface area contributed by atoms with Crippen LogP contribution in [0, 0.1) is 5.92 Å². The van der Waals surface area contributed by atoms with Crippen molar-refractivity contribution in [3.05, 3.63) is 0 Å². The first-order valence-electron chi connectivity index (χ1n) is 4.16. The van der Waals surface area contributed by atoms with E-state index in [1.807, 2.05) is 0 Å². The third-order valence-corrected chi connectivity index (χ3v) is 2.13. The summed E-state index contributed by atoms with van der Waals surface area (Å²) in [5.41, 5.74) is 0. The minimum Gasteiger partial charge on any atom is -0.396 e. The number of carbonyl (C=O) groups is 1. The number of ketones is 1. The topological polar surface area (TPSA) is 66.8 Å². The predicted octanol–water partition coefficient (Wildman–Crippen LogP) is -0.665. The summed E-state index contributed by atoms with van der Waals surface area (Å²) in [6.07, 6.45) is 0.976. The lowest BCUT2D eigenvalue weighted by Gasteiger charge is -2.08. The van der Waals surface area contributed by atoms with Gasteiger partial charge in [0.25, 0.3) is 0 Å². The molecule has 12 heavy (non-hydrogen) atoms. The monoisotopic (exact) mass is 174 g/mol. The highest BCUT2D eigenvalue weighted by atomic mass is 16.5. The fourth-order valence-corrected chi connectivity index (χ4v) is 1.44. The number of carbonyl (C=O) groups excluding carboxylic acids is 1. The molecule has 0 heterocycles. The quantitative estimate of drug-likeness (QED) is 0.593. The van der Waals surface area contributed by atoms with Crippen LogP contribution in [0.4, 0.5) is 0 Å². The highest BCUT2D eigenvalue weighted by molar-refractivity contribution is 5.87. The van der Waals surface area contributed by atoms with Crippen molar-refractivity contribution in [2.45, 2.75) is 18.9 Å². The van der Waals surface area contributed by atoms with Gasteiger partial charge in [0.05, 0.1) is 19.8 Å². The molecule has 4 nitrogen and oxygen atoms in total. The van der Waals surface area contributed by atoms with Gasteiger partial charge in [-0.05, 0) is 12.8 Å². The van der Waals surface area contributed by atoms with Crippen LogP contribution in [-0.4, -0.2) is 41.9 Å². The molecule has 0 aromatic heterocycles. The average Bonchev–Trinajstić information content (AvgIpc) is 2.43. The SMILES string of the molecule is O=C1C(CO)CCC1OCCO. The number of Topliss-reactive ketones (excluding diaryl/α,β-unsaturated/α-hetero) is 1. The van der Waals surface area contributed by atoms with E-state index in [4.69, 9.17) is 14.9 Å². The molecule has 1 rings (SSSR count). The van der Waals surface area contributed by atoms with E-state index in [1.54, 1.807) is 0 Å². The van der Waals surface area contributed by atoms with Gasteiger partial charge in [-0.2, -0.15) is 0 Å². The normalized spacial score (nSPS) is 29.7. The first kappa shape index (κ1) is 9.64. The van der Waals surface area contributed by atoms with Crippen molar-refractivity contribution < 1.29 is 19.7 Å². The van der Waals surface area contributed by atoms with E-state index in [0.29, 0.717) is 12.8 Å². The summed E-state index contributed by atoms with van der Waals surface area (Å²) in [5.74, 6) is -0.264. The molecule has 2 N–H and O–H groups in total. The molecule has 2 unspecified atom stereocenters. The lowest BCUT2D eigenvalue weighted by Crippen LogP contribution is -2.24. The van der Waals surface area contributed by atoms with Gasteiger partial charge >= 0.3 is 0 Å². The van der Waals surface area contributed by atoms with Crippen molar-refractivity contribution in [2.75, 3.05) is 19.8 Å². The number of hydrogen-bond donors (Lipinski definition) is 2. The maximum absolute atomic E-state index is 11.3. The number of hydrogen-bond acceptors (Lipinski definition) is 4. The molecule has 1 saturated carbocycles. The number of aliphatic hydroxyl groups is 2. The summed E-state index contributed by atoms with van der Waals surface area (Å²) in [7, 11) is 0. The maximum atomic E-state index is 11.3. The molecule has 0 aromatic carbocycles. The van der Waals surface area contributed by atoms with Crippen molar-refractivity contribution >= 4 is 5.78 Å². The van der Waals surface area contributed by atoms with Gasteiger partial charge in [0.15, 0.2) is 5.78 Å². The molecule has 0 saturated heterocycles. The Balaban J connectivity index is 2.33. The summed E-state index contributed by atoms with van der Waals surface area (Å²) < 4.78 is 5.09. The third kappa shape index (κ3) is 2.03. The summed E-state index contributed by atoms with van der Waals surface area (Å²) in [6, 6.07) is 0. The van der Waals surface area contributed by atoms with Crippen molar-refractivity contribution in [1.82, 2.24) is 0 Å². The average molecular weight is 174 g/mol. The Labute approximate surface area is 71.2 Å². The third-order valence-electron chi connectivity index (χ3n) is 2.13. The molecule has 1 aliphatic carbocycles. The Morgan fingerprint density at radius 1 is 1.42 bits per heavy atom. The Kier molecular flexibility index (Phi) is 3.65. The van der Waals surface area contributed by atoms with Crippen LogP contribution in [0.1, 0.15) is 12.8 Å². The van der Waals surface area contributed by atoms with Gasteiger partial charge in [0.2, 0.25) is 0 Å². The zero-order valence-corrected chi connectivity index (χ0v) is 6.90. The molecule has 0 aromatic rings. The highest BCUT2D eigenvalue weighted by Gasteiger charge is 2.33. The largest absolute Gasteiger partial charge is 0.396 e. The maximum Gasteiger partial charge on any atom is 0.166 e. The van der Waals surface area contributed by atoms with E-state index in [1.165, 1.54) is 0 Å². The van der Waals surface area contributed by atoms with Crippen molar-refractivity contribution in [2.24, 2.45) is 5.92 Å². The van der Waals surface area contributed by atoms with E-state index < -0.39 is 6.10 Å². The van der Waals surface area contributed by atoms with Gasteiger partial charge in [-0.15, -0.1) is 0 Å². The zero-order chi connectivity index (χ0) is 8.97. The lowest BCUT2D eigenvalue weighted by molar-refractivity contribution is -0.131. The first-order valence-corrected chi connectivity index (χ1v) is 4.16. The van der Waals surface area contributed by atoms with Crippen molar-refractivity contribution in [1.29, 1.82) is 0 Å². The fourth-order valence-electron chi connectivity index (χ4n) is 1.44. The fraction of sp³-hybridized carbons (Fsp3) is 0.875. The zero-order valence-electron chi connectivity index (χ0n) is 6.90. The van der Waals surface area contributed by atoms with Gasteiger partial charge in [-0.3, -0.25) is 4.79 Å². The van der Waals surface area contributed by atoms with Crippen LogP contribution in [0.15, 0.2) is 0 Å². The van der Waals surface area contributed by atoms with Crippen LogP contribution in [-0.2, 0) is 9.53 Å². The van der Waals surface area contributed by atoms with Crippen molar-refractivity contribution in [3.8, 4) is 0 Å². The minimum atomic E-state index is -0.394. The van der Waals surface area contributed by atoms with Gasteiger partial charge < -0.3 is 14.9 Å². The second kappa shape index (κ2) is 4.54. The molecule has 4 heteroatoms. The summed E-state index contributed by atoms with van der Waals surface area (Å²) in [4.78, 5) is 11.3. The number of aliphatic hydroxyl groups excluding tert-OH is 2. The molecule has 0 spiro atoms. The Morgan fingerprint density at radius 3 is 2.67 bits per heavy atom. The van der Waals surface area contributed by atoms with Gasteiger partial charge in [-0.1, -0.05) is 0 Å². The molecule has 0 aliphatic heterocycles.